The molecule has 1 amide bonds. The zero-order chi connectivity index (χ0) is 22.5. The van der Waals surface area contributed by atoms with Crippen molar-refractivity contribution in [2.75, 3.05) is 27.2 Å². The van der Waals surface area contributed by atoms with Crippen molar-refractivity contribution in [3.05, 3.63) is 35.4 Å². The number of hydrogen-bond donors (Lipinski definition) is 3. The van der Waals surface area contributed by atoms with E-state index in [0.717, 1.165) is 45.0 Å². The van der Waals surface area contributed by atoms with Crippen LogP contribution < -0.4 is 16.4 Å². The molecule has 0 saturated carbocycles. The van der Waals surface area contributed by atoms with Gasteiger partial charge in [-0.25, -0.2) is 0 Å². The Bertz CT molecular complexity index is 797. The fourth-order valence-electron chi connectivity index (χ4n) is 5.83. The van der Waals surface area contributed by atoms with Crippen LogP contribution >= 0.6 is 0 Å². The summed E-state index contributed by atoms with van der Waals surface area (Å²) in [6.07, 6.45) is 8.37. The average Bonchev–Trinajstić information content (AvgIpc) is 2.77. The zero-order valence-corrected chi connectivity index (χ0v) is 19.7. The van der Waals surface area contributed by atoms with Gasteiger partial charge in [-0.15, -0.1) is 0 Å². The van der Waals surface area contributed by atoms with E-state index in [2.05, 4.69) is 56.7 Å². The lowest BCUT2D eigenvalue weighted by Crippen LogP contribution is -2.56. The molecule has 0 spiro atoms. The Kier molecular flexibility index (Phi) is 7.68. The minimum atomic E-state index is -0.167. The van der Waals surface area contributed by atoms with E-state index in [-0.39, 0.29) is 11.8 Å². The van der Waals surface area contributed by atoms with Gasteiger partial charge in [0, 0.05) is 44.8 Å². The predicted molar refractivity (Wildman–Crippen MR) is 129 cm³/mol. The van der Waals surface area contributed by atoms with Gasteiger partial charge < -0.3 is 21.3 Å². The third kappa shape index (κ3) is 5.81. The summed E-state index contributed by atoms with van der Waals surface area (Å²) in [5.74, 6) is 0.713. The predicted octanol–water partition coefficient (Wildman–Crippen LogP) is 2.06. The molecular formula is C25H40N6O. The monoisotopic (exact) mass is 440 g/mol. The second-order valence-corrected chi connectivity index (χ2v) is 9.94. The minimum absolute atomic E-state index is 0.0119. The first kappa shape index (κ1) is 23.1. The van der Waals surface area contributed by atoms with Crippen molar-refractivity contribution in [3.8, 4) is 0 Å². The number of guanidine groups is 1. The molecule has 0 aliphatic carbocycles. The molecule has 3 aliphatic rings. The van der Waals surface area contributed by atoms with Gasteiger partial charge >= 0.3 is 0 Å². The lowest BCUT2D eigenvalue weighted by Gasteiger charge is -2.47. The van der Waals surface area contributed by atoms with E-state index >= 15 is 0 Å². The van der Waals surface area contributed by atoms with Crippen LogP contribution in [0, 0.1) is 5.92 Å². The van der Waals surface area contributed by atoms with Crippen molar-refractivity contribution in [3.63, 3.8) is 0 Å². The summed E-state index contributed by atoms with van der Waals surface area (Å²) in [5.41, 5.74) is 8.06. The summed E-state index contributed by atoms with van der Waals surface area (Å²) in [6.45, 7) is 3.41. The first-order valence-electron chi connectivity index (χ1n) is 12.3. The third-order valence-electron chi connectivity index (χ3n) is 7.67. The van der Waals surface area contributed by atoms with Crippen molar-refractivity contribution in [2.45, 2.75) is 76.2 Å². The van der Waals surface area contributed by atoms with E-state index in [4.69, 9.17) is 5.73 Å². The van der Waals surface area contributed by atoms with Crippen LogP contribution in [0.4, 0.5) is 0 Å². The number of nitrogens with zero attached hydrogens (tertiary/aromatic N) is 3. The summed E-state index contributed by atoms with van der Waals surface area (Å²) < 4.78 is 0. The van der Waals surface area contributed by atoms with Crippen LogP contribution in [0.1, 0.15) is 56.1 Å². The fourth-order valence-corrected chi connectivity index (χ4v) is 5.83. The topological polar surface area (TPSA) is 86.0 Å². The highest BCUT2D eigenvalue weighted by Crippen LogP contribution is 2.32. The molecule has 1 aromatic carbocycles. The van der Waals surface area contributed by atoms with Crippen LogP contribution in [0.5, 0.6) is 0 Å². The van der Waals surface area contributed by atoms with E-state index in [0.29, 0.717) is 18.1 Å². The molecule has 176 valence electrons. The van der Waals surface area contributed by atoms with E-state index in [1.54, 1.807) is 0 Å². The maximum absolute atomic E-state index is 11.6. The maximum atomic E-state index is 11.6. The highest BCUT2D eigenvalue weighted by molar-refractivity contribution is 5.80. The van der Waals surface area contributed by atoms with E-state index < -0.39 is 0 Å². The molecule has 3 atom stereocenters. The van der Waals surface area contributed by atoms with Crippen molar-refractivity contribution in [2.24, 2.45) is 16.6 Å². The number of benzene rings is 1. The SMILES string of the molecule is CN=C(NCc1cccc(CN2CCCC(C(N)=O)C2)c1)NC1CC2CCCC(C1)N2C. The van der Waals surface area contributed by atoms with Crippen LogP contribution in [-0.4, -0.2) is 67.0 Å². The molecule has 1 aromatic rings. The second kappa shape index (κ2) is 10.7. The summed E-state index contributed by atoms with van der Waals surface area (Å²) >= 11 is 0. The Labute approximate surface area is 192 Å². The molecule has 4 rings (SSSR count). The molecule has 0 radical (unpaired) electrons. The van der Waals surface area contributed by atoms with E-state index in [9.17, 15) is 4.79 Å². The van der Waals surface area contributed by atoms with Gasteiger partial charge in [0.25, 0.3) is 0 Å². The number of aliphatic imine (C=N–C) groups is 1. The van der Waals surface area contributed by atoms with Crippen molar-refractivity contribution in [1.82, 2.24) is 20.4 Å². The molecule has 3 saturated heterocycles. The first-order chi connectivity index (χ1) is 15.5. The van der Waals surface area contributed by atoms with Crippen LogP contribution in [0.15, 0.2) is 29.3 Å². The molecule has 32 heavy (non-hydrogen) atoms. The number of fused-ring (bicyclic) bond motifs is 2. The number of likely N-dealkylation sites (tertiary alicyclic amines) is 1. The summed E-state index contributed by atoms with van der Waals surface area (Å²) in [5, 5.41) is 7.19. The lowest BCUT2D eigenvalue weighted by atomic mass is 9.82. The van der Waals surface area contributed by atoms with E-state index in [1.807, 2.05) is 7.05 Å². The summed E-state index contributed by atoms with van der Waals surface area (Å²) in [6, 6.07) is 10.6. The number of rotatable bonds is 6. The highest BCUT2D eigenvalue weighted by Gasteiger charge is 2.36. The Morgan fingerprint density at radius 2 is 1.91 bits per heavy atom. The summed E-state index contributed by atoms with van der Waals surface area (Å²) in [7, 11) is 4.15. The Morgan fingerprint density at radius 1 is 1.16 bits per heavy atom. The van der Waals surface area contributed by atoms with Crippen LogP contribution in [0.2, 0.25) is 0 Å². The quantitative estimate of drug-likeness (QED) is 0.466. The van der Waals surface area contributed by atoms with Crippen molar-refractivity contribution >= 4 is 11.9 Å². The lowest BCUT2D eigenvalue weighted by molar-refractivity contribution is -0.123. The Hall–Kier alpha value is -2.12. The van der Waals surface area contributed by atoms with Gasteiger partial charge in [0.05, 0.1) is 5.92 Å². The maximum Gasteiger partial charge on any atom is 0.221 e. The highest BCUT2D eigenvalue weighted by atomic mass is 16.1. The smallest absolute Gasteiger partial charge is 0.221 e. The van der Waals surface area contributed by atoms with Gasteiger partial charge in [-0.2, -0.15) is 0 Å². The molecule has 2 bridgehead atoms. The van der Waals surface area contributed by atoms with Gasteiger partial charge in [-0.1, -0.05) is 30.7 Å². The largest absolute Gasteiger partial charge is 0.369 e. The summed E-state index contributed by atoms with van der Waals surface area (Å²) in [4.78, 5) is 21.0. The molecular weight excluding hydrogens is 400 g/mol. The van der Waals surface area contributed by atoms with E-state index in [1.165, 1.54) is 43.2 Å². The first-order valence-corrected chi connectivity index (χ1v) is 12.3. The number of nitrogens with two attached hydrogens (primary N) is 1. The molecule has 4 N–H and O–H groups in total. The number of carbonyl (C=O) groups excluding carboxylic acids is 1. The number of amides is 1. The Morgan fingerprint density at radius 3 is 2.62 bits per heavy atom. The van der Waals surface area contributed by atoms with Gasteiger partial charge in [0.1, 0.15) is 0 Å². The fraction of sp³-hybridized carbons (Fsp3) is 0.680. The normalized spacial score (nSPS) is 29.5. The van der Waals surface area contributed by atoms with Crippen LogP contribution in [0.25, 0.3) is 0 Å². The molecule has 7 heteroatoms. The van der Waals surface area contributed by atoms with Crippen molar-refractivity contribution < 1.29 is 4.79 Å². The number of nitrogens with one attached hydrogen (secondary N) is 2. The number of carbonyl (C=O) groups is 1. The van der Waals surface area contributed by atoms with Gasteiger partial charge in [-0.05, 0) is 63.2 Å². The van der Waals surface area contributed by atoms with Gasteiger partial charge in [0.2, 0.25) is 5.91 Å². The number of primary amides is 1. The molecule has 0 aromatic heterocycles. The van der Waals surface area contributed by atoms with Crippen LogP contribution in [0.3, 0.4) is 0 Å². The zero-order valence-electron chi connectivity index (χ0n) is 19.7. The van der Waals surface area contributed by atoms with Crippen molar-refractivity contribution in [1.29, 1.82) is 0 Å². The Balaban J connectivity index is 1.28. The molecule has 3 unspecified atom stereocenters. The second-order valence-electron chi connectivity index (χ2n) is 9.94. The molecule has 3 aliphatic heterocycles. The third-order valence-corrected chi connectivity index (χ3v) is 7.67. The number of piperidine rings is 3. The molecule has 7 nitrogen and oxygen atoms in total. The number of hydrogen-bond acceptors (Lipinski definition) is 4. The van der Waals surface area contributed by atoms with Gasteiger partial charge in [0.15, 0.2) is 5.96 Å². The molecule has 3 heterocycles. The van der Waals surface area contributed by atoms with Gasteiger partial charge in [-0.3, -0.25) is 14.7 Å². The molecule has 3 fully saturated rings. The average molecular weight is 441 g/mol. The minimum Gasteiger partial charge on any atom is -0.369 e. The van der Waals surface area contributed by atoms with Crippen LogP contribution in [-0.2, 0) is 17.9 Å². The standard InChI is InChI=1S/C25H40N6O/c1-27-25(29-21-13-22-9-4-10-23(14-21)30(22)2)28-15-18-6-3-7-19(12-18)16-31-11-5-8-20(17-31)24(26)32/h3,6-7,12,20-23H,4-5,8-11,13-17H2,1-2H3,(H2,26,32)(H2,27,28,29).